The number of benzene rings is 1. The summed E-state index contributed by atoms with van der Waals surface area (Å²) in [6.45, 7) is 13.8. The number of hydrogen-bond acceptors (Lipinski definition) is 7. The number of aliphatic hydroxyl groups excluding tert-OH is 1. The van der Waals surface area contributed by atoms with Crippen LogP contribution in [0.4, 0.5) is 4.79 Å². The number of hydrogen-bond donors (Lipinski definition) is 5. The normalized spacial score (nSPS) is 20.2. The van der Waals surface area contributed by atoms with Crippen LogP contribution in [-0.2, 0) is 24.2 Å². The first-order valence-electron chi connectivity index (χ1n) is 17.9. The van der Waals surface area contributed by atoms with E-state index in [1.807, 2.05) is 41.5 Å². The van der Waals surface area contributed by atoms with Crippen molar-refractivity contribution in [2.24, 2.45) is 23.2 Å². The molecule has 49 heavy (non-hydrogen) atoms. The molecule has 276 valence electrons. The van der Waals surface area contributed by atoms with Crippen molar-refractivity contribution in [3.8, 4) is 0 Å². The van der Waals surface area contributed by atoms with Crippen molar-refractivity contribution < 1.29 is 32.7 Å². The van der Waals surface area contributed by atoms with Crippen LogP contribution in [0.1, 0.15) is 98.5 Å². The Morgan fingerprint density at radius 3 is 2.18 bits per heavy atom. The Morgan fingerprint density at radius 1 is 0.980 bits per heavy atom. The molecule has 2 aliphatic rings. The van der Waals surface area contributed by atoms with Gasteiger partial charge in [-0.1, -0.05) is 90.8 Å². The molecule has 0 radical (unpaired) electrons. The van der Waals surface area contributed by atoms with Crippen LogP contribution in [0.15, 0.2) is 29.2 Å². The third-order valence-electron chi connectivity index (χ3n) is 9.97. The first-order chi connectivity index (χ1) is 23.0. The number of unbranched alkanes of at least 4 members (excludes halogenated alkanes) is 1. The van der Waals surface area contributed by atoms with Gasteiger partial charge in [0.25, 0.3) is 5.91 Å². The number of rotatable bonds is 16. The Hall–Kier alpha value is -3.19. The van der Waals surface area contributed by atoms with E-state index >= 15 is 0 Å². The molecular formula is C36H59N5O7S. The number of nitrogens with one attached hydrogen (secondary N) is 4. The molecule has 1 saturated carbocycles. The van der Waals surface area contributed by atoms with Gasteiger partial charge >= 0.3 is 6.03 Å². The molecule has 2 fully saturated rings. The molecule has 12 nitrogen and oxygen atoms in total. The highest BCUT2D eigenvalue weighted by atomic mass is 32.2. The molecule has 1 saturated heterocycles. The van der Waals surface area contributed by atoms with E-state index in [1.54, 1.807) is 19.1 Å². The quantitative estimate of drug-likeness (QED) is 0.163. The lowest BCUT2D eigenvalue weighted by atomic mass is 9.81. The van der Waals surface area contributed by atoms with Crippen LogP contribution in [0, 0.1) is 30.1 Å². The van der Waals surface area contributed by atoms with Gasteiger partial charge in [0.15, 0.2) is 15.9 Å². The van der Waals surface area contributed by atoms with E-state index in [1.165, 1.54) is 36.3 Å². The van der Waals surface area contributed by atoms with Gasteiger partial charge in [-0.15, -0.1) is 0 Å². The highest BCUT2D eigenvalue weighted by molar-refractivity contribution is 7.91. The Morgan fingerprint density at radius 2 is 1.63 bits per heavy atom. The van der Waals surface area contributed by atoms with Crippen LogP contribution >= 0.6 is 0 Å². The summed E-state index contributed by atoms with van der Waals surface area (Å²) in [4.78, 5) is 55.6. The maximum atomic E-state index is 14.2. The zero-order chi connectivity index (χ0) is 36.5. The third kappa shape index (κ3) is 11.2. The molecule has 5 atom stereocenters. The van der Waals surface area contributed by atoms with Crippen molar-refractivity contribution >= 4 is 33.6 Å². The van der Waals surface area contributed by atoms with Gasteiger partial charge in [-0.2, -0.15) is 0 Å². The van der Waals surface area contributed by atoms with Crippen molar-refractivity contribution in [3.63, 3.8) is 0 Å². The molecular weight excluding hydrogens is 646 g/mol. The Bertz CT molecular complexity index is 1390. The van der Waals surface area contributed by atoms with E-state index in [-0.39, 0.29) is 22.6 Å². The van der Waals surface area contributed by atoms with Crippen LogP contribution < -0.4 is 21.3 Å². The standard InChI is InChI=1S/C36H59N5O7S/c1-8-37-35(46)40-31(36(5,6)7)34(45)41-21-20-27(23(2)3)29(41)32(43)39-28(15-10-9-12-25-13-11-14-25)30(42)33(44)38-22-49(47,48)26-18-16-24(4)17-19-26/h16-19,23,25,27-31,42H,8-15,20-22H2,1-7H3,(H,38,44)(H,39,43)(H2,37,40,46)/t27?,28?,29-,30?,31+/m0/s1. The predicted octanol–water partition coefficient (Wildman–Crippen LogP) is 3.66. The van der Waals surface area contributed by atoms with E-state index in [2.05, 4.69) is 21.3 Å². The summed E-state index contributed by atoms with van der Waals surface area (Å²) in [5, 5.41) is 22.0. The van der Waals surface area contributed by atoms with Crippen LogP contribution in [0.25, 0.3) is 0 Å². The summed E-state index contributed by atoms with van der Waals surface area (Å²) < 4.78 is 25.8. The second kappa shape index (κ2) is 17.6. The highest BCUT2D eigenvalue weighted by Crippen LogP contribution is 2.34. The fraction of sp³-hybridized carbons (Fsp3) is 0.722. The first-order valence-corrected chi connectivity index (χ1v) is 19.5. The Balaban J connectivity index is 1.81. The summed E-state index contributed by atoms with van der Waals surface area (Å²) >= 11 is 0. The van der Waals surface area contributed by atoms with Crippen molar-refractivity contribution in [1.29, 1.82) is 0 Å². The summed E-state index contributed by atoms with van der Waals surface area (Å²) in [6, 6.07) is 2.99. The SMILES string of the molecule is CCNC(=O)N[C@H](C(=O)N1CCC(C(C)C)[C@H]1C(=O)NC(CCCCC1CCC1)C(O)C(=O)NCS(=O)(=O)c1ccc(C)cc1)C(C)(C)C. The van der Waals surface area contributed by atoms with Gasteiger partial charge in [-0.05, 0) is 62.0 Å². The molecule has 1 heterocycles. The lowest BCUT2D eigenvalue weighted by molar-refractivity contribution is -0.144. The molecule has 0 spiro atoms. The summed E-state index contributed by atoms with van der Waals surface area (Å²) in [7, 11) is -3.87. The van der Waals surface area contributed by atoms with Crippen LogP contribution in [0.5, 0.6) is 0 Å². The number of aryl methyl sites for hydroxylation is 1. The topological polar surface area (TPSA) is 174 Å². The number of aliphatic hydroxyl groups is 1. The van der Waals surface area contributed by atoms with Crippen molar-refractivity contribution in [3.05, 3.63) is 29.8 Å². The predicted molar refractivity (Wildman–Crippen MR) is 189 cm³/mol. The zero-order valence-corrected chi connectivity index (χ0v) is 31.2. The molecule has 5 amide bonds. The Kier molecular flexibility index (Phi) is 14.5. The lowest BCUT2D eigenvalue weighted by Crippen LogP contribution is -2.61. The zero-order valence-electron chi connectivity index (χ0n) is 30.4. The molecule has 1 aromatic rings. The summed E-state index contributed by atoms with van der Waals surface area (Å²) in [6.07, 6.45) is 5.35. The number of sulfone groups is 1. The minimum Gasteiger partial charge on any atom is -0.381 e. The van der Waals surface area contributed by atoms with E-state index in [0.717, 1.165) is 18.4 Å². The fourth-order valence-corrected chi connectivity index (χ4v) is 7.74. The number of likely N-dealkylation sites (tertiary alicyclic amines) is 1. The van der Waals surface area contributed by atoms with E-state index < -0.39 is 63.2 Å². The number of nitrogens with zero attached hydrogens (tertiary/aromatic N) is 1. The van der Waals surface area contributed by atoms with E-state index in [0.29, 0.717) is 38.3 Å². The van der Waals surface area contributed by atoms with Gasteiger partial charge < -0.3 is 31.3 Å². The monoisotopic (exact) mass is 705 g/mol. The number of carbonyl (C=O) groups is 4. The molecule has 0 bridgehead atoms. The second-order valence-electron chi connectivity index (χ2n) is 15.2. The van der Waals surface area contributed by atoms with Gasteiger partial charge in [0.2, 0.25) is 11.8 Å². The molecule has 5 N–H and O–H groups in total. The van der Waals surface area contributed by atoms with Gasteiger partial charge in [-0.3, -0.25) is 14.4 Å². The molecule has 13 heteroatoms. The number of amides is 5. The minimum atomic E-state index is -3.87. The van der Waals surface area contributed by atoms with Crippen LogP contribution in [0.2, 0.25) is 0 Å². The summed E-state index contributed by atoms with van der Waals surface area (Å²) in [5.41, 5.74) is 0.235. The largest absolute Gasteiger partial charge is 0.381 e. The fourth-order valence-electron chi connectivity index (χ4n) is 6.69. The first kappa shape index (κ1) is 40.2. The average Bonchev–Trinajstić information content (AvgIpc) is 3.46. The molecule has 3 rings (SSSR count). The van der Waals surface area contributed by atoms with Gasteiger partial charge in [0.1, 0.15) is 18.0 Å². The van der Waals surface area contributed by atoms with Crippen molar-refractivity contribution in [1.82, 2.24) is 26.2 Å². The third-order valence-corrected chi connectivity index (χ3v) is 11.5. The number of carbonyl (C=O) groups excluding carboxylic acids is 4. The maximum absolute atomic E-state index is 14.2. The average molecular weight is 706 g/mol. The second-order valence-corrected chi connectivity index (χ2v) is 17.2. The maximum Gasteiger partial charge on any atom is 0.315 e. The van der Waals surface area contributed by atoms with Gasteiger partial charge in [0, 0.05) is 13.1 Å². The van der Waals surface area contributed by atoms with E-state index in [9.17, 15) is 32.7 Å². The molecule has 1 aliphatic heterocycles. The van der Waals surface area contributed by atoms with Crippen LogP contribution in [0.3, 0.4) is 0 Å². The van der Waals surface area contributed by atoms with Gasteiger partial charge in [-0.25, -0.2) is 13.2 Å². The van der Waals surface area contributed by atoms with Crippen molar-refractivity contribution in [2.75, 3.05) is 19.0 Å². The van der Waals surface area contributed by atoms with Crippen molar-refractivity contribution in [2.45, 2.75) is 129 Å². The van der Waals surface area contributed by atoms with Crippen LogP contribution in [-0.4, -0.2) is 85.4 Å². The smallest absolute Gasteiger partial charge is 0.315 e. The molecule has 1 aliphatic carbocycles. The highest BCUT2D eigenvalue weighted by Gasteiger charge is 2.47. The molecule has 1 aromatic carbocycles. The lowest BCUT2D eigenvalue weighted by Gasteiger charge is -2.37. The van der Waals surface area contributed by atoms with E-state index in [4.69, 9.17) is 0 Å². The molecule has 0 aromatic heterocycles. The molecule has 3 unspecified atom stereocenters. The summed E-state index contributed by atoms with van der Waals surface area (Å²) in [5.74, 6) is -1.95. The Labute approximate surface area is 292 Å². The number of urea groups is 1. The van der Waals surface area contributed by atoms with Gasteiger partial charge in [0.05, 0.1) is 10.9 Å². The minimum absolute atomic E-state index is 0.0408.